The number of nitrogens with one attached hydrogen (secondary N) is 1. The standard InChI is InChI=1S/C10H22N2O/c1-4-6-7-8(3)12-9(5-2)10(11)13/h8-9,12H,4-7H2,1-3H3,(H2,11,13). The predicted octanol–water partition coefficient (Wildman–Crippen LogP) is 1.42. The minimum Gasteiger partial charge on any atom is -0.368 e. The van der Waals surface area contributed by atoms with Crippen LogP contribution >= 0.6 is 0 Å². The highest BCUT2D eigenvalue weighted by Gasteiger charge is 2.14. The Balaban J connectivity index is 3.73. The molecule has 0 aliphatic rings. The number of amides is 1. The van der Waals surface area contributed by atoms with Crippen LogP contribution in [-0.2, 0) is 4.79 Å². The van der Waals surface area contributed by atoms with Gasteiger partial charge in [0.2, 0.25) is 5.91 Å². The zero-order valence-electron chi connectivity index (χ0n) is 8.97. The molecule has 0 radical (unpaired) electrons. The van der Waals surface area contributed by atoms with Crippen LogP contribution in [0.1, 0.15) is 46.5 Å². The van der Waals surface area contributed by atoms with E-state index < -0.39 is 0 Å². The molecule has 0 bridgehead atoms. The SMILES string of the molecule is CCCCC(C)NC(CC)C(N)=O. The maximum Gasteiger partial charge on any atom is 0.234 e. The van der Waals surface area contributed by atoms with Gasteiger partial charge in [0.25, 0.3) is 0 Å². The molecule has 2 unspecified atom stereocenters. The molecule has 0 rings (SSSR count). The summed E-state index contributed by atoms with van der Waals surface area (Å²) < 4.78 is 0. The van der Waals surface area contributed by atoms with Gasteiger partial charge >= 0.3 is 0 Å². The van der Waals surface area contributed by atoms with E-state index in [-0.39, 0.29) is 11.9 Å². The largest absolute Gasteiger partial charge is 0.368 e. The fourth-order valence-corrected chi connectivity index (χ4v) is 1.34. The van der Waals surface area contributed by atoms with E-state index in [1.807, 2.05) is 6.92 Å². The Morgan fingerprint density at radius 3 is 2.46 bits per heavy atom. The van der Waals surface area contributed by atoms with Crippen molar-refractivity contribution >= 4 is 5.91 Å². The lowest BCUT2D eigenvalue weighted by atomic mass is 10.1. The second kappa shape index (κ2) is 6.89. The number of carbonyl (C=O) groups is 1. The highest BCUT2D eigenvalue weighted by atomic mass is 16.1. The van der Waals surface area contributed by atoms with Gasteiger partial charge in [-0.05, 0) is 19.8 Å². The Morgan fingerprint density at radius 2 is 2.08 bits per heavy atom. The summed E-state index contributed by atoms with van der Waals surface area (Å²) in [6.07, 6.45) is 4.27. The molecule has 0 fully saturated rings. The molecule has 1 amide bonds. The van der Waals surface area contributed by atoms with E-state index in [4.69, 9.17) is 5.73 Å². The van der Waals surface area contributed by atoms with Gasteiger partial charge in [0.15, 0.2) is 0 Å². The highest BCUT2D eigenvalue weighted by molar-refractivity contribution is 5.79. The summed E-state index contributed by atoms with van der Waals surface area (Å²) in [6.45, 7) is 6.23. The lowest BCUT2D eigenvalue weighted by Gasteiger charge is -2.19. The van der Waals surface area contributed by atoms with Crippen molar-refractivity contribution < 1.29 is 4.79 Å². The van der Waals surface area contributed by atoms with Crippen LogP contribution in [0, 0.1) is 0 Å². The average molecular weight is 186 g/mol. The van der Waals surface area contributed by atoms with Crippen molar-refractivity contribution in [2.45, 2.75) is 58.5 Å². The topological polar surface area (TPSA) is 55.1 Å². The molecule has 0 heterocycles. The first-order valence-electron chi connectivity index (χ1n) is 5.17. The van der Waals surface area contributed by atoms with E-state index in [1.165, 1.54) is 12.8 Å². The van der Waals surface area contributed by atoms with E-state index in [0.29, 0.717) is 6.04 Å². The summed E-state index contributed by atoms with van der Waals surface area (Å²) in [5.41, 5.74) is 5.22. The Kier molecular flexibility index (Phi) is 6.59. The van der Waals surface area contributed by atoms with Crippen LogP contribution in [-0.4, -0.2) is 18.0 Å². The van der Waals surface area contributed by atoms with Crippen molar-refractivity contribution in [1.29, 1.82) is 0 Å². The van der Waals surface area contributed by atoms with Crippen LogP contribution in [0.2, 0.25) is 0 Å². The molecular formula is C10H22N2O. The molecule has 78 valence electrons. The van der Waals surface area contributed by atoms with Gasteiger partial charge in [-0.1, -0.05) is 26.7 Å². The monoisotopic (exact) mass is 186 g/mol. The zero-order valence-corrected chi connectivity index (χ0v) is 8.97. The molecule has 0 spiro atoms. The average Bonchev–Trinajstić information content (AvgIpc) is 2.10. The minimum absolute atomic E-state index is 0.160. The van der Waals surface area contributed by atoms with E-state index in [2.05, 4.69) is 19.2 Å². The summed E-state index contributed by atoms with van der Waals surface area (Å²) in [7, 11) is 0. The van der Waals surface area contributed by atoms with Crippen LogP contribution in [0.25, 0.3) is 0 Å². The number of carbonyl (C=O) groups excluding carboxylic acids is 1. The molecule has 0 aromatic heterocycles. The number of hydrogen-bond acceptors (Lipinski definition) is 2. The van der Waals surface area contributed by atoms with Gasteiger partial charge in [0.1, 0.15) is 0 Å². The molecule has 3 nitrogen and oxygen atoms in total. The molecule has 13 heavy (non-hydrogen) atoms. The third-order valence-electron chi connectivity index (χ3n) is 2.23. The molecule has 0 aliphatic carbocycles. The van der Waals surface area contributed by atoms with Gasteiger partial charge in [-0.2, -0.15) is 0 Å². The second-order valence-corrected chi connectivity index (χ2v) is 3.57. The fraction of sp³-hybridized carbons (Fsp3) is 0.900. The number of primary amides is 1. The van der Waals surface area contributed by atoms with Crippen LogP contribution in [0.3, 0.4) is 0 Å². The van der Waals surface area contributed by atoms with E-state index >= 15 is 0 Å². The first-order chi connectivity index (χ1) is 6.11. The highest BCUT2D eigenvalue weighted by Crippen LogP contribution is 2.01. The third kappa shape index (κ3) is 5.64. The molecule has 2 atom stereocenters. The minimum atomic E-state index is -0.245. The van der Waals surface area contributed by atoms with Crippen molar-refractivity contribution in [2.75, 3.05) is 0 Å². The fourth-order valence-electron chi connectivity index (χ4n) is 1.34. The lowest BCUT2D eigenvalue weighted by molar-refractivity contribution is -0.120. The molecule has 3 heteroatoms. The summed E-state index contributed by atoms with van der Waals surface area (Å²) in [4.78, 5) is 10.9. The van der Waals surface area contributed by atoms with E-state index in [1.54, 1.807) is 0 Å². The summed E-state index contributed by atoms with van der Waals surface area (Å²) in [5, 5.41) is 3.23. The Labute approximate surface area is 81.1 Å². The van der Waals surface area contributed by atoms with Crippen molar-refractivity contribution in [1.82, 2.24) is 5.32 Å². The van der Waals surface area contributed by atoms with Gasteiger partial charge in [-0.15, -0.1) is 0 Å². The number of nitrogens with two attached hydrogens (primary N) is 1. The summed E-state index contributed by atoms with van der Waals surface area (Å²) in [6, 6.07) is 0.226. The van der Waals surface area contributed by atoms with Gasteiger partial charge in [0, 0.05) is 6.04 Å². The third-order valence-corrected chi connectivity index (χ3v) is 2.23. The molecule has 0 aromatic rings. The molecule has 0 aliphatic heterocycles. The number of unbranched alkanes of at least 4 members (excludes halogenated alkanes) is 1. The van der Waals surface area contributed by atoms with Crippen LogP contribution in [0.4, 0.5) is 0 Å². The Morgan fingerprint density at radius 1 is 1.46 bits per heavy atom. The first-order valence-corrected chi connectivity index (χ1v) is 5.17. The van der Waals surface area contributed by atoms with Gasteiger partial charge in [0.05, 0.1) is 6.04 Å². The van der Waals surface area contributed by atoms with Gasteiger partial charge < -0.3 is 11.1 Å². The predicted molar refractivity (Wildman–Crippen MR) is 55.4 cm³/mol. The maximum absolute atomic E-state index is 10.9. The van der Waals surface area contributed by atoms with Gasteiger partial charge in [-0.25, -0.2) is 0 Å². The van der Waals surface area contributed by atoms with Crippen molar-refractivity contribution in [2.24, 2.45) is 5.73 Å². The molecule has 0 saturated carbocycles. The van der Waals surface area contributed by atoms with Crippen molar-refractivity contribution in [3.8, 4) is 0 Å². The van der Waals surface area contributed by atoms with Crippen LogP contribution in [0.15, 0.2) is 0 Å². The molecular weight excluding hydrogens is 164 g/mol. The van der Waals surface area contributed by atoms with Crippen LogP contribution < -0.4 is 11.1 Å². The zero-order chi connectivity index (χ0) is 10.3. The summed E-state index contributed by atoms with van der Waals surface area (Å²) in [5.74, 6) is -0.245. The first kappa shape index (κ1) is 12.4. The maximum atomic E-state index is 10.9. The van der Waals surface area contributed by atoms with E-state index in [0.717, 1.165) is 12.8 Å². The second-order valence-electron chi connectivity index (χ2n) is 3.57. The summed E-state index contributed by atoms with van der Waals surface area (Å²) >= 11 is 0. The smallest absolute Gasteiger partial charge is 0.234 e. The van der Waals surface area contributed by atoms with E-state index in [9.17, 15) is 4.79 Å². The molecule has 0 aromatic carbocycles. The molecule has 0 saturated heterocycles. The lowest BCUT2D eigenvalue weighted by Crippen LogP contribution is -2.44. The van der Waals surface area contributed by atoms with Crippen LogP contribution in [0.5, 0.6) is 0 Å². The number of hydrogen-bond donors (Lipinski definition) is 2. The quantitative estimate of drug-likeness (QED) is 0.631. The van der Waals surface area contributed by atoms with Crippen molar-refractivity contribution in [3.63, 3.8) is 0 Å². The van der Waals surface area contributed by atoms with Crippen molar-refractivity contribution in [3.05, 3.63) is 0 Å². The molecule has 3 N–H and O–H groups in total. The van der Waals surface area contributed by atoms with Gasteiger partial charge in [-0.3, -0.25) is 4.79 Å². The normalized spacial score (nSPS) is 15.3. The Hall–Kier alpha value is -0.570. The number of rotatable bonds is 7. The Bertz CT molecular complexity index is 148.